The van der Waals surface area contributed by atoms with Crippen LogP contribution < -0.4 is 5.73 Å². The van der Waals surface area contributed by atoms with Gasteiger partial charge in [0.2, 0.25) is 0 Å². The van der Waals surface area contributed by atoms with Crippen molar-refractivity contribution in [3.63, 3.8) is 0 Å². The molecular weight excluding hydrogens is 183 g/mol. The standard InChI is InChI=1S/C9H15FN4/c1-14-12-6-8(13-14)9(10)4-2-3-7(11)5-9/h6-7H,2-5,11H2,1H3. The van der Waals surface area contributed by atoms with Crippen LogP contribution in [0.2, 0.25) is 0 Å². The number of hydrogen-bond donors (Lipinski definition) is 1. The van der Waals surface area contributed by atoms with Gasteiger partial charge in [0.05, 0.1) is 6.20 Å². The Labute approximate surface area is 82.3 Å². The lowest BCUT2D eigenvalue weighted by atomic mass is 9.82. The Morgan fingerprint density at radius 2 is 2.50 bits per heavy atom. The van der Waals surface area contributed by atoms with Crippen molar-refractivity contribution >= 4 is 0 Å². The summed E-state index contributed by atoms with van der Waals surface area (Å²) in [5.41, 5.74) is 4.83. The number of aryl methyl sites for hydroxylation is 1. The van der Waals surface area contributed by atoms with Gasteiger partial charge in [-0.05, 0) is 19.3 Å². The highest BCUT2D eigenvalue weighted by molar-refractivity contribution is 5.09. The summed E-state index contributed by atoms with van der Waals surface area (Å²) >= 11 is 0. The Hall–Kier alpha value is -0.970. The van der Waals surface area contributed by atoms with E-state index in [9.17, 15) is 4.39 Å². The average molecular weight is 198 g/mol. The quantitative estimate of drug-likeness (QED) is 0.728. The van der Waals surface area contributed by atoms with Crippen molar-refractivity contribution in [1.82, 2.24) is 15.0 Å². The molecular formula is C9H15FN4. The third-order valence-corrected chi connectivity index (χ3v) is 2.79. The van der Waals surface area contributed by atoms with Gasteiger partial charge in [0.15, 0.2) is 5.67 Å². The Kier molecular flexibility index (Phi) is 2.26. The van der Waals surface area contributed by atoms with Gasteiger partial charge in [0.1, 0.15) is 5.69 Å². The van der Waals surface area contributed by atoms with Gasteiger partial charge < -0.3 is 5.73 Å². The van der Waals surface area contributed by atoms with Crippen molar-refractivity contribution in [2.24, 2.45) is 12.8 Å². The predicted molar refractivity (Wildman–Crippen MR) is 50.2 cm³/mol. The van der Waals surface area contributed by atoms with Crippen LogP contribution in [0, 0.1) is 0 Å². The van der Waals surface area contributed by atoms with E-state index in [0.29, 0.717) is 18.5 Å². The number of hydrogen-bond acceptors (Lipinski definition) is 3. The molecule has 1 aromatic rings. The monoisotopic (exact) mass is 198 g/mol. The van der Waals surface area contributed by atoms with Crippen LogP contribution in [0.5, 0.6) is 0 Å². The zero-order valence-electron chi connectivity index (χ0n) is 8.28. The number of alkyl halides is 1. The number of aromatic nitrogens is 3. The lowest BCUT2D eigenvalue weighted by molar-refractivity contribution is 0.0891. The van der Waals surface area contributed by atoms with Crippen molar-refractivity contribution in [2.75, 3.05) is 0 Å². The van der Waals surface area contributed by atoms with E-state index in [1.807, 2.05) is 0 Å². The van der Waals surface area contributed by atoms with Gasteiger partial charge in [-0.1, -0.05) is 0 Å². The molecule has 2 rings (SSSR count). The minimum absolute atomic E-state index is 0.0456. The van der Waals surface area contributed by atoms with Gasteiger partial charge in [-0.15, -0.1) is 0 Å². The van der Waals surface area contributed by atoms with Crippen molar-refractivity contribution in [3.8, 4) is 0 Å². The maximum Gasteiger partial charge on any atom is 0.157 e. The third-order valence-electron chi connectivity index (χ3n) is 2.79. The molecule has 0 aliphatic heterocycles. The second-order valence-electron chi connectivity index (χ2n) is 4.04. The van der Waals surface area contributed by atoms with E-state index < -0.39 is 5.67 Å². The third kappa shape index (κ3) is 1.64. The maximum absolute atomic E-state index is 14.4. The molecule has 1 saturated carbocycles. The fourth-order valence-corrected chi connectivity index (χ4v) is 2.05. The summed E-state index contributed by atoms with van der Waals surface area (Å²) in [6.45, 7) is 0. The fourth-order valence-electron chi connectivity index (χ4n) is 2.05. The molecule has 1 fully saturated rings. The molecule has 2 unspecified atom stereocenters. The molecule has 0 aromatic carbocycles. The summed E-state index contributed by atoms with van der Waals surface area (Å²) < 4.78 is 14.4. The molecule has 1 aliphatic carbocycles. The van der Waals surface area contributed by atoms with E-state index in [-0.39, 0.29) is 6.04 Å². The Balaban J connectivity index is 2.22. The van der Waals surface area contributed by atoms with Crippen molar-refractivity contribution in [2.45, 2.75) is 37.4 Å². The predicted octanol–water partition coefficient (Wildman–Crippen LogP) is 0.881. The normalized spacial score (nSPS) is 33.2. The first-order valence-electron chi connectivity index (χ1n) is 4.91. The highest BCUT2D eigenvalue weighted by atomic mass is 19.1. The average Bonchev–Trinajstić information content (AvgIpc) is 2.52. The second kappa shape index (κ2) is 3.31. The fraction of sp³-hybridized carbons (Fsp3) is 0.778. The molecule has 0 radical (unpaired) electrons. The molecule has 1 heterocycles. The van der Waals surface area contributed by atoms with Crippen LogP contribution in [-0.4, -0.2) is 21.0 Å². The number of nitrogens with two attached hydrogens (primary N) is 1. The molecule has 0 spiro atoms. The van der Waals surface area contributed by atoms with Crippen LogP contribution in [0.25, 0.3) is 0 Å². The zero-order valence-corrected chi connectivity index (χ0v) is 8.28. The van der Waals surface area contributed by atoms with Gasteiger partial charge >= 0.3 is 0 Å². The molecule has 0 saturated heterocycles. The minimum atomic E-state index is -1.36. The highest BCUT2D eigenvalue weighted by Gasteiger charge is 2.39. The van der Waals surface area contributed by atoms with Crippen molar-refractivity contribution in [1.29, 1.82) is 0 Å². The van der Waals surface area contributed by atoms with Crippen LogP contribution in [0.4, 0.5) is 4.39 Å². The molecule has 2 N–H and O–H groups in total. The van der Waals surface area contributed by atoms with Gasteiger partial charge in [-0.3, -0.25) is 0 Å². The van der Waals surface area contributed by atoms with Crippen molar-refractivity contribution < 1.29 is 4.39 Å². The minimum Gasteiger partial charge on any atom is -0.328 e. The van der Waals surface area contributed by atoms with Crippen LogP contribution in [0.3, 0.4) is 0 Å². The van der Waals surface area contributed by atoms with E-state index in [2.05, 4.69) is 10.2 Å². The molecule has 5 heteroatoms. The van der Waals surface area contributed by atoms with Gasteiger partial charge in [0, 0.05) is 19.5 Å². The molecule has 0 bridgehead atoms. The van der Waals surface area contributed by atoms with Gasteiger partial charge in [0.25, 0.3) is 0 Å². The van der Waals surface area contributed by atoms with Gasteiger partial charge in [-0.25, -0.2) is 4.39 Å². The Morgan fingerprint density at radius 3 is 3.07 bits per heavy atom. The van der Waals surface area contributed by atoms with E-state index in [1.54, 1.807) is 7.05 Å². The summed E-state index contributed by atoms with van der Waals surface area (Å²) in [7, 11) is 1.69. The SMILES string of the molecule is Cn1ncc(C2(F)CCCC(N)C2)n1. The highest BCUT2D eigenvalue weighted by Crippen LogP contribution is 2.38. The number of nitrogens with zero attached hydrogens (tertiary/aromatic N) is 3. The van der Waals surface area contributed by atoms with Crippen LogP contribution in [-0.2, 0) is 12.7 Å². The molecule has 0 amide bonds. The summed E-state index contributed by atoms with van der Waals surface area (Å²) in [5.74, 6) is 0. The molecule has 78 valence electrons. The summed E-state index contributed by atoms with van der Waals surface area (Å²) in [4.78, 5) is 1.39. The van der Waals surface area contributed by atoms with Crippen molar-refractivity contribution in [3.05, 3.63) is 11.9 Å². The van der Waals surface area contributed by atoms with Crippen LogP contribution in [0.15, 0.2) is 6.20 Å². The summed E-state index contributed by atoms with van der Waals surface area (Å²) in [6.07, 6.45) is 4.11. The molecule has 4 nitrogen and oxygen atoms in total. The topological polar surface area (TPSA) is 56.7 Å². The zero-order chi connectivity index (χ0) is 10.2. The lowest BCUT2D eigenvalue weighted by Gasteiger charge is -2.31. The first kappa shape index (κ1) is 9.58. The van der Waals surface area contributed by atoms with Gasteiger partial charge in [-0.2, -0.15) is 15.0 Å². The first-order valence-corrected chi connectivity index (χ1v) is 4.91. The smallest absolute Gasteiger partial charge is 0.157 e. The summed E-state index contributed by atoms with van der Waals surface area (Å²) in [6, 6.07) is -0.0456. The molecule has 1 aliphatic rings. The second-order valence-corrected chi connectivity index (χ2v) is 4.04. The number of halogens is 1. The molecule has 14 heavy (non-hydrogen) atoms. The summed E-state index contributed by atoms with van der Waals surface area (Å²) in [5, 5.41) is 7.90. The van der Waals surface area contributed by atoms with E-state index in [1.165, 1.54) is 11.0 Å². The van der Waals surface area contributed by atoms with Crippen LogP contribution in [0.1, 0.15) is 31.4 Å². The number of rotatable bonds is 1. The Bertz CT molecular complexity index is 324. The van der Waals surface area contributed by atoms with E-state index >= 15 is 0 Å². The van der Waals surface area contributed by atoms with Crippen LogP contribution >= 0.6 is 0 Å². The van der Waals surface area contributed by atoms with E-state index in [4.69, 9.17) is 5.73 Å². The largest absolute Gasteiger partial charge is 0.328 e. The molecule has 1 aromatic heterocycles. The maximum atomic E-state index is 14.4. The Morgan fingerprint density at radius 1 is 1.71 bits per heavy atom. The molecule has 2 atom stereocenters. The van der Waals surface area contributed by atoms with E-state index in [0.717, 1.165) is 12.8 Å². The first-order chi connectivity index (χ1) is 6.60. The lowest BCUT2D eigenvalue weighted by Crippen LogP contribution is -2.36.